The van der Waals surface area contributed by atoms with Crippen molar-refractivity contribution >= 4 is 11.9 Å². The molecule has 3 atom stereocenters. The summed E-state index contributed by atoms with van der Waals surface area (Å²) < 4.78 is 5.74. The number of benzene rings is 1. The summed E-state index contributed by atoms with van der Waals surface area (Å²) in [5, 5.41) is 9.15. The Morgan fingerprint density at radius 2 is 2.09 bits per heavy atom. The molecule has 1 aromatic rings. The molecule has 5 nitrogen and oxygen atoms in total. The van der Waals surface area contributed by atoms with Gasteiger partial charge in [0.15, 0.2) is 6.61 Å². The van der Waals surface area contributed by atoms with E-state index in [0.29, 0.717) is 18.9 Å². The van der Waals surface area contributed by atoms with Gasteiger partial charge in [-0.25, -0.2) is 0 Å². The van der Waals surface area contributed by atoms with Crippen LogP contribution in [0.5, 0.6) is 5.75 Å². The van der Waals surface area contributed by atoms with E-state index in [0.717, 1.165) is 17.7 Å². The predicted octanol–water partition coefficient (Wildman–Crippen LogP) is 2.90. The molecule has 1 N–H and O–H groups in total. The Hall–Kier alpha value is -2.04. The van der Waals surface area contributed by atoms with E-state index in [1.54, 1.807) is 11.8 Å². The van der Waals surface area contributed by atoms with Crippen molar-refractivity contribution in [3.05, 3.63) is 29.8 Å². The Bertz CT molecular complexity index is 572. The van der Waals surface area contributed by atoms with Crippen LogP contribution in [0.4, 0.5) is 0 Å². The number of rotatable bonds is 6. The maximum Gasteiger partial charge on any atom is 0.308 e. The van der Waals surface area contributed by atoms with Crippen LogP contribution in [-0.4, -0.2) is 41.1 Å². The van der Waals surface area contributed by atoms with Gasteiger partial charge in [-0.15, -0.1) is 0 Å². The fourth-order valence-electron chi connectivity index (χ4n) is 3.08. The van der Waals surface area contributed by atoms with Gasteiger partial charge < -0.3 is 14.7 Å². The van der Waals surface area contributed by atoms with Gasteiger partial charge in [0.2, 0.25) is 0 Å². The molecule has 1 amide bonds. The standard InChI is InChI=1S/C18H25NO4/c1-4-12(2)14-7-5-6-8-16(14)23-11-17(20)19-10-9-15(13(19)3)18(21)22/h5-8,12-13,15H,4,9-11H2,1-3H3,(H,21,22). The number of likely N-dealkylation sites (tertiary alicyclic amines) is 1. The van der Waals surface area contributed by atoms with Gasteiger partial charge in [-0.2, -0.15) is 0 Å². The van der Waals surface area contributed by atoms with Crippen LogP contribution in [0.25, 0.3) is 0 Å². The number of carboxylic acids is 1. The summed E-state index contributed by atoms with van der Waals surface area (Å²) in [6, 6.07) is 7.48. The number of aliphatic carboxylic acids is 1. The van der Waals surface area contributed by atoms with Crippen LogP contribution < -0.4 is 4.74 Å². The fraction of sp³-hybridized carbons (Fsp3) is 0.556. The lowest BCUT2D eigenvalue weighted by Gasteiger charge is -2.24. The van der Waals surface area contributed by atoms with E-state index in [-0.39, 0.29) is 18.6 Å². The van der Waals surface area contributed by atoms with E-state index < -0.39 is 11.9 Å². The van der Waals surface area contributed by atoms with Crippen LogP contribution in [-0.2, 0) is 9.59 Å². The Labute approximate surface area is 137 Å². The normalized spacial score (nSPS) is 22.0. The smallest absolute Gasteiger partial charge is 0.308 e. The summed E-state index contributed by atoms with van der Waals surface area (Å²) in [6.07, 6.45) is 1.50. The number of hydrogen-bond donors (Lipinski definition) is 1. The zero-order valence-electron chi connectivity index (χ0n) is 14.0. The summed E-state index contributed by atoms with van der Waals surface area (Å²) in [5.41, 5.74) is 1.10. The minimum atomic E-state index is -0.837. The van der Waals surface area contributed by atoms with Crippen molar-refractivity contribution < 1.29 is 19.4 Å². The molecule has 126 valence electrons. The summed E-state index contributed by atoms with van der Waals surface area (Å²) in [5.74, 6) is -0.373. The van der Waals surface area contributed by atoms with Crippen LogP contribution >= 0.6 is 0 Å². The zero-order chi connectivity index (χ0) is 17.0. The molecule has 1 aromatic carbocycles. The number of carboxylic acid groups (broad SMARTS) is 1. The highest BCUT2D eigenvalue weighted by Gasteiger charge is 2.38. The van der Waals surface area contributed by atoms with E-state index in [1.165, 1.54) is 0 Å². The lowest BCUT2D eigenvalue weighted by molar-refractivity contribution is -0.143. The van der Waals surface area contributed by atoms with Gasteiger partial charge in [0.25, 0.3) is 5.91 Å². The number of carbonyl (C=O) groups is 2. The molecule has 5 heteroatoms. The minimum absolute atomic E-state index is 0.0515. The second-order valence-electron chi connectivity index (χ2n) is 6.20. The first-order valence-corrected chi connectivity index (χ1v) is 8.19. The molecule has 1 saturated heterocycles. The molecule has 0 bridgehead atoms. The Morgan fingerprint density at radius 1 is 1.39 bits per heavy atom. The van der Waals surface area contributed by atoms with Crippen molar-refractivity contribution in [2.75, 3.05) is 13.2 Å². The number of para-hydroxylation sites is 1. The Kier molecular flexibility index (Phi) is 5.64. The van der Waals surface area contributed by atoms with E-state index >= 15 is 0 Å². The maximum absolute atomic E-state index is 12.4. The molecule has 1 aliphatic rings. The summed E-state index contributed by atoms with van der Waals surface area (Å²) in [7, 11) is 0. The second kappa shape index (κ2) is 7.49. The molecule has 0 aromatic heterocycles. The van der Waals surface area contributed by atoms with Crippen molar-refractivity contribution in [1.29, 1.82) is 0 Å². The van der Waals surface area contributed by atoms with Gasteiger partial charge in [0, 0.05) is 12.6 Å². The summed E-state index contributed by atoms with van der Waals surface area (Å²) >= 11 is 0. The number of hydrogen-bond acceptors (Lipinski definition) is 3. The maximum atomic E-state index is 12.4. The van der Waals surface area contributed by atoms with Crippen molar-refractivity contribution in [3.63, 3.8) is 0 Å². The molecule has 23 heavy (non-hydrogen) atoms. The third-order valence-corrected chi connectivity index (χ3v) is 4.81. The first-order chi connectivity index (χ1) is 11.0. The van der Waals surface area contributed by atoms with E-state index in [1.807, 2.05) is 24.3 Å². The predicted molar refractivity (Wildman–Crippen MR) is 87.6 cm³/mol. The Balaban J connectivity index is 1.99. The highest BCUT2D eigenvalue weighted by molar-refractivity contribution is 5.80. The van der Waals surface area contributed by atoms with Crippen molar-refractivity contribution in [1.82, 2.24) is 4.90 Å². The molecule has 0 saturated carbocycles. The van der Waals surface area contributed by atoms with Crippen molar-refractivity contribution in [3.8, 4) is 5.75 Å². The molecule has 0 aliphatic carbocycles. The fourth-order valence-corrected chi connectivity index (χ4v) is 3.08. The van der Waals surface area contributed by atoms with E-state index in [4.69, 9.17) is 9.84 Å². The molecular formula is C18H25NO4. The lowest BCUT2D eigenvalue weighted by Crippen LogP contribution is -2.40. The van der Waals surface area contributed by atoms with Gasteiger partial charge in [0.1, 0.15) is 5.75 Å². The molecule has 2 rings (SSSR count). The quantitative estimate of drug-likeness (QED) is 0.875. The molecule has 1 fully saturated rings. The molecule has 0 radical (unpaired) electrons. The average molecular weight is 319 g/mol. The average Bonchev–Trinajstić information content (AvgIpc) is 2.94. The summed E-state index contributed by atoms with van der Waals surface area (Å²) in [4.78, 5) is 25.1. The molecule has 0 spiro atoms. The van der Waals surface area contributed by atoms with Gasteiger partial charge in [-0.05, 0) is 37.3 Å². The monoisotopic (exact) mass is 319 g/mol. The minimum Gasteiger partial charge on any atom is -0.483 e. The second-order valence-corrected chi connectivity index (χ2v) is 6.20. The van der Waals surface area contributed by atoms with Crippen molar-refractivity contribution in [2.45, 2.75) is 45.6 Å². The number of carbonyl (C=O) groups excluding carboxylic acids is 1. The SMILES string of the molecule is CCC(C)c1ccccc1OCC(=O)N1CCC(C(=O)O)C1C. The third-order valence-electron chi connectivity index (χ3n) is 4.81. The first kappa shape index (κ1) is 17.3. The van der Waals surface area contributed by atoms with Gasteiger partial charge in [-0.1, -0.05) is 32.0 Å². The van der Waals surface area contributed by atoms with Crippen LogP contribution in [0.1, 0.15) is 45.1 Å². The lowest BCUT2D eigenvalue weighted by atomic mass is 9.98. The highest BCUT2D eigenvalue weighted by atomic mass is 16.5. The van der Waals surface area contributed by atoms with Crippen LogP contribution in [0.2, 0.25) is 0 Å². The molecular weight excluding hydrogens is 294 g/mol. The third kappa shape index (κ3) is 3.84. The van der Waals surface area contributed by atoms with E-state index in [2.05, 4.69) is 13.8 Å². The number of amides is 1. The summed E-state index contributed by atoms with van der Waals surface area (Å²) in [6.45, 7) is 6.46. The van der Waals surface area contributed by atoms with Gasteiger partial charge in [0.05, 0.1) is 5.92 Å². The largest absolute Gasteiger partial charge is 0.483 e. The van der Waals surface area contributed by atoms with Gasteiger partial charge >= 0.3 is 5.97 Å². The number of ether oxygens (including phenoxy) is 1. The number of nitrogens with zero attached hydrogens (tertiary/aromatic N) is 1. The zero-order valence-corrected chi connectivity index (χ0v) is 14.0. The van der Waals surface area contributed by atoms with Crippen molar-refractivity contribution in [2.24, 2.45) is 5.92 Å². The molecule has 1 aliphatic heterocycles. The topological polar surface area (TPSA) is 66.8 Å². The van der Waals surface area contributed by atoms with Crippen LogP contribution in [0, 0.1) is 5.92 Å². The highest BCUT2D eigenvalue weighted by Crippen LogP contribution is 2.29. The van der Waals surface area contributed by atoms with Crippen LogP contribution in [0.3, 0.4) is 0 Å². The first-order valence-electron chi connectivity index (χ1n) is 8.19. The van der Waals surface area contributed by atoms with Crippen LogP contribution in [0.15, 0.2) is 24.3 Å². The molecule has 3 unspecified atom stereocenters. The van der Waals surface area contributed by atoms with E-state index in [9.17, 15) is 9.59 Å². The van der Waals surface area contributed by atoms with Gasteiger partial charge in [-0.3, -0.25) is 9.59 Å². The Morgan fingerprint density at radius 3 is 2.70 bits per heavy atom. The molecule has 1 heterocycles.